The molecule has 12 atom stereocenters. The summed E-state index contributed by atoms with van der Waals surface area (Å²) in [5.74, 6) is -0.287. The van der Waals surface area contributed by atoms with Gasteiger partial charge in [0, 0.05) is 111 Å². The maximum absolute atomic E-state index is 13.1. The van der Waals surface area contributed by atoms with Crippen LogP contribution in [0.3, 0.4) is 0 Å². The Morgan fingerprint density at radius 3 is 1.35 bits per heavy atom. The second-order valence-electron chi connectivity index (χ2n) is 35.3. The topological polar surface area (TPSA) is 789 Å². The van der Waals surface area contributed by atoms with Gasteiger partial charge < -0.3 is 129 Å². The van der Waals surface area contributed by atoms with Gasteiger partial charge in [0.15, 0.2) is 70.6 Å². The number of phosphoric acid groups is 4. The second kappa shape index (κ2) is 43.7. The second-order valence-corrected chi connectivity index (χ2v) is 49.8. The Hall–Kier alpha value is -9.74. The molecule has 56 nitrogen and oxygen atoms in total. The number of nitrogen functional groups attached to an aromatic ring is 2. The highest BCUT2D eigenvalue weighted by Gasteiger charge is 2.53. The number of nitrogens with zero attached hydrogens (tertiary/aromatic N) is 14. The number of aliphatic hydroxyl groups is 2. The molecular formula is C80H102N20O36P6S4. The van der Waals surface area contributed by atoms with Gasteiger partial charge in [-0.25, -0.2) is 102 Å². The van der Waals surface area contributed by atoms with Gasteiger partial charge in [-0.1, -0.05) is 12.2 Å². The van der Waals surface area contributed by atoms with E-state index in [0.717, 1.165) is 86.4 Å². The van der Waals surface area contributed by atoms with Crippen LogP contribution in [0.5, 0.6) is 23.0 Å². The van der Waals surface area contributed by atoms with Gasteiger partial charge in [-0.15, -0.1) is 0 Å². The molecule has 16 rings (SSSR count). The number of carbonyl (C=O) groups is 4. The summed E-state index contributed by atoms with van der Waals surface area (Å²) in [6.45, 7) is 3.37. The van der Waals surface area contributed by atoms with Crippen LogP contribution in [0.25, 0.3) is 33.5 Å². The first-order valence-electron chi connectivity index (χ1n) is 44.8. The van der Waals surface area contributed by atoms with Crippen LogP contribution in [0.4, 0.5) is 44.0 Å². The summed E-state index contributed by atoms with van der Waals surface area (Å²) in [4.78, 5) is 167. The number of ether oxygens (including phenoxy) is 6. The average Bonchev–Trinajstić information content (AvgIpc) is 0.972. The molecule has 12 heterocycles. The Morgan fingerprint density at radius 1 is 0.527 bits per heavy atom. The van der Waals surface area contributed by atoms with E-state index in [-0.39, 0.29) is 78.9 Å². The lowest BCUT2D eigenvalue weighted by Gasteiger charge is -2.44. The monoisotopic (exact) mass is 2230 g/mol. The van der Waals surface area contributed by atoms with E-state index in [1.54, 1.807) is 36.4 Å². The molecule has 0 aliphatic carbocycles. The minimum absolute atomic E-state index is 0.0151. The van der Waals surface area contributed by atoms with Crippen molar-refractivity contribution in [1.29, 1.82) is 0 Å². The van der Waals surface area contributed by atoms with Crippen molar-refractivity contribution >= 4 is 180 Å². The number of alkyl carbamates (subject to hydrolysis) is 2. The van der Waals surface area contributed by atoms with E-state index in [2.05, 4.69) is 115 Å². The maximum Gasteiger partial charge on any atom is 0.488 e. The average molecular weight is 2230 g/mol. The molecule has 4 aromatic carbocycles. The largest absolute Gasteiger partial charge is 0.748 e. The van der Waals surface area contributed by atoms with Crippen LogP contribution >= 0.6 is 44.7 Å². The summed E-state index contributed by atoms with van der Waals surface area (Å²) in [5, 5.41) is 36.3. The van der Waals surface area contributed by atoms with E-state index in [9.17, 15) is 113 Å². The number of aryl methyl sites for hydroxylation is 2. The van der Waals surface area contributed by atoms with Gasteiger partial charge in [-0.05, 0) is 126 Å². The molecule has 0 radical (unpaired) electrons. The molecule has 8 aliphatic rings. The van der Waals surface area contributed by atoms with E-state index >= 15 is 0 Å². The fourth-order valence-electron chi connectivity index (χ4n) is 18.0. The third-order valence-electron chi connectivity index (χ3n) is 24.0. The van der Waals surface area contributed by atoms with Crippen LogP contribution in [0.15, 0.2) is 96.0 Å². The predicted molar refractivity (Wildman–Crippen MR) is 518 cm³/mol. The molecule has 8 aromatic rings. The molecule has 8 aliphatic heterocycles. The molecule has 4 amide bonds. The van der Waals surface area contributed by atoms with Gasteiger partial charge in [0.05, 0.1) is 80.8 Å². The van der Waals surface area contributed by atoms with Crippen molar-refractivity contribution in [2.75, 3.05) is 111 Å². The molecule has 0 saturated carbocycles. The maximum atomic E-state index is 13.1. The van der Waals surface area contributed by atoms with E-state index in [0.29, 0.717) is 105 Å². The third-order valence-corrected chi connectivity index (χ3v) is 34.2. The number of anilines is 4. The number of benzene rings is 4. The summed E-state index contributed by atoms with van der Waals surface area (Å²) < 4.78 is 190. The number of phosphoric ester groups is 2. The highest BCUT2D eigenvalue weighted by Crippen LogP contribution is 2.68. The van der Waals surface area contributed by atoms with Crippen molar-refractivity contribution < 1.29 is 167 Å². The van der Waals surface area contributed by atoms with Crippen molar-refractivity contribution in [2.24, 2.45) is 9.98 Å². The summed E-state index contributed by atoms with van der Waals surface area (Å²) in [7, 11) is -31.9. The lowest BCUT2D eigenvalue weighted by Crippen LogP contribution is -2.46. The quantitative estimate of drug-likeness (QED) is 0.0113. The van der Waals surface area contributed by atoms with Gasteiger partial charge >= 0.3 is 56.9 Å². The van der Waals surface area contributed by atoms with Gasteiger partial charge in [-0.3, -0.25) is 27.8 Å². The van der Waals surface area contributed by atoms with Crippen LogP contribution in [-0.4, -0.2) is 276 Å². The number of rotatable bonds is 38. The lowest BCUT2D eigenvalue weighted by molar-refractivity contribution is -0.121. The Morgan fingerprint density at radius 2 is 0.932 bits per heavy atom. The first-order chi connectivity index (χ1) is 68.4. The molecule has 18 N–H and O–H groups in total. The zero-order valence-electron chi connectivity index (χ0n) is 78.1. The number of fused-ring (bicyclic) bond motifs is 10. The number of imidazole rings is 2. The molecule has 4 unspecified atom stereocenters. The minimum Gasteiger partial charge on any atom is -0.748 e. The van der Waals surface area contributed by atoms with Gasteiger partial charge in [0.1, 0.15) is 96.4 Å². The Kier molecular flexibility index (Phi) is 33.0. The van der Waals surface area contributed by atoms with E-state index in [1.165, 1.54) is 21.8 Å². The molecule has 2 fully saturated rings. The number of aromatic nitrogens is 8. The van der Waals surface area contributed by atoms with E-state index in [4.69, 9.17) is 58.9 Å². The van der Waals surface area contributed by atoms with Crippen molar-refractivity contribution in [3.05, 3.63) is 130 Å². The van der Waals surface area contributed by atoms with Crippen LogP contribution in [0, 0.1) is 0 Å². The van der Waals surface area contributed by atoms with E-state index in [1.807, 2.05) is 61.8 Å². The molecule has 4 aromatic heterocycles. The first kappa shape index (κ1) is 110. The van der Waals surface area contributed by atoms with Crippen molar-refractivity contribution in [3.8, 4) is 23.0 Å². The molecule has 0 bridgehead atoms. The standard InChI is InChI=1S/2C40H51N10O18P3S2/c1-4-48-11-5-7-22-13-25-29(15-27(22)48)64-30-16-28-24(14-26(30)47-25)23(19-73(60,61)62)17-40(2,3)50(28)12-6-8-32(51)42-9-10-43-39(53)66-35-31(18-63-69(54,55)67-70(56,57)68-71(58,59)72)65-38(34(35)52)49-21-46-33-36(41)44-20-45-37(33)49;1-4-48-11-5-7-22-13-25-29(15-27(22)48)64-30-16-28-24(14-26(30)47-25)23(19-73(60,61)62)17-40(2,3)50(28)12-6-8-32(51)42-9-10-43-39(53)66-35-34(52)31(18-63-69(54,55)67-70(56,57)68-71(58,59)72)65-38(35)49-21-46-33-36(41)44-20-45-37(33)49/h2*13-17,20-21,31,34-35,38,52H,4-12,18-19H2,1-3H3,(H8-,41,42,43,44,45,51,53,54,55,56,57,58,59,60,61,62,72)/t2*31-,34-,35-,38-/m11/s1. The van der Waals surface area contributed by atoms with Crippen LogP contribution in [0.1, 0.15) is 115 Å². The molecule has 0 spiro atoms. The van der Waals surface area contributed by atoms with E-state index < -0.39 is 168 Å². The lowest BCUT2D eigenvalue weighted by atomic mass is 9.88. The van der Waals surface area contributed by atoms with Crippen molar-refractivity contribution in [3.63, 3.8) is 0 Å². The molecular weight excluding hydrogens is 2130 g/mol. The number of carbonyl (C=O) groups excluding carboxylic acids is 4. The summed E-state index contributed by atoms with van der Waals surface area (Å²) in [6.07, 6.45) is -2.90. The summed E-state index contributed by atoms with van der Waals surface area (Å²) in [5.41, 5.74) is 16.5. The normalized spacial score (nSPS) is 21.8. The van der Waals surface area contributed by atoms with Crippen molar-refractivity contribution in [1.82, 2.24) is 69.5 Å². The number of nitrogens with one attached hydrogen (secondary N) is 4. The SMILES string of the molecule is CC[N+]1=c2cc3c(cc2CCC1)=Nc1cc2c(cc1O3)N(CCCC(=O)NCCNC(=O)O[C@@H]1[C@H](O)[C@@H](COP(=O)(O)OP(=O)(O)OP(O)(O)=S)O[C@H]1n1cnc3c(N)ncnc31)C(C)(C)C=C2CS(=O)(=O)[O-].CC[N+]1=c2cc3c(cc2CCC1)=Nc1cc2c(cc1O3)N(CCCC(=O)NCCNC(=O)O[C@H]1[C@@H](O)[C@H](n3cnc4c(N)ncnc43)O[C@@H]1COP(=O)(O)OP(=O)(O)OP(O)(O)=S)C(C)(C)C=C2CS(=O)(=O)[O-]. The zero-order valence-corrected chi connectivity index (χ0v) is 86.7. The number of hydrogen-bond acceptors (Lipinski definition) is 42. The van der Waals surface area contributed by atoms with Crippen LogP contribution in [-0.2, 0) is 130 Å². The summed E-state index contributed by atoms with van der Waals surface area (Å²) in [6, 6.07) is 15.0. The fourth-order valence-corrected chi connectivity index (χ4v) is 26.8. The highest BCUT2D eigenvalue weighted by molar-refractivity contribution is 8.08. The third kappa shape index (κ3) is 26.8. The molecule has 66 heteroatoms. The Balaban J connectivity index is 0.000000219. The summed E-state index contributed by atoms with van der Waals surface area (Å²) >= 11 is 8.17. The fraction of sp³-hybridized carbons (Fsp3) is 0.475. The number of hydrogen-bond donors (Lipinski definition) is 16. The smallest absolute Gasteiger partial charge is 0.488 e. The molecule has 792 valence electrons. The Bertz CT molecular complexity index is 7430. The first-order valence-corrected chi connectivity index (χ1v) is 59.2. The van der Waals surface area contributed by atoms with Crippen molar-refractivity contribution in [2.45, 2.75) is 153 Å². The molecule has 146 heavy (non-hydrogen) atoms. The number of amides is 4. The zero-order chi connectivity index (χ0) is 106. The Labute approximate surface area is 839 Å². The highest BCUT2D eigenvalue weighted by atomic mass is 32.5. The predicted octanol–water partition coefficient (Wildman–Crippen LogP) is 1.72. The van der Waals surface area contributed by atoms with Gasteiger partial charge in [0.25, 0.3) is 0 Å². The van der Waals surface area contributed by atoms with Gasteiger partial charge in [0.2, 0.25) is 22.5 Å². The van der Waals surface area contributed by atoms with Gasteiger partial charge in [-0.2, -0.15) is 8.62 Å². The number of nitrogens with two attached hydrogens (primary N) is 2. The number of aliphatic hydroxyl groups excluding tert-OH is 2. The van der Waals surface area contributed by atoms with Crippen LogP contribution < -0.4 is 82.6 Å². The minimum atomic E-state index is -5.69. The molecule has 2 saturated heterocycles. The van der Waals surface area contributed by atoms with Crippen LogP contribution in [0.2, 0.25) is 0 Å².